The maximum absolute atomic E-state index is 12.7. The fraction of sp³-hybridized carbons (Fsp3) is 0.429. The van der Waals surface area contributed by atoms with Crippen molar-refractivity contribution in [2.45, 2.75) is 39.0 Å². The molecule has 0 atom stereocenters. The van der Waals surface area contributed by atoms with Crippen LogP contribution in [0.1, 0.15) is 25.3 Å². The maximum atomic E-state index is 12.7. The van der Waals surface area contributed by atoms with E-state index in [1.54, 1.807) is 12.3 Å². The summed E-state index contributed by atoms with van der Waals surface area (Å²) in [5.74, 6) is 1.71. The van der Waals surface area contributed by atoms with Crippen LogP contribution in [0.3, 0.4) is 0 Å². The largest absolute Gasteiger partial charge is 0.434 e. The van der Waals surface area contributed by atoms with Gasteiger partial charge in [-0.05, 0) is 50.1 Å². The third kappa shape index (κ3) is 6.45. The number of aromatic nitrogens is 1. The number of rotatable bonds is 7. The van der Waals surface area contributed by atoms with E-state index in [0.717, 1.165) is 31.7 Å². The van der Waals surface area contributed by atoms with E-state index >= 15 is 0 Å². The molecule has 0 aliphatic carbocycles. The van der Waals surface area contributed by atoms with Crippen LogP contribution in [0.25, 0.3) is 0 Å². The molecule has 1 aromatic heterocycles. The summed E-state index contributed by atoms with van der Waals surface area (Å²) < 4.78 is 29.9. The molecule has 0 spiro atoms. The van der Waals surface area contributed by atoms with Crippen LogP contribution in [0, 0.1) is 0 Å². The van der Waals surface area contributed by atoms with Gasteiger partial charge in [0.2, 0.25) is 0 Å². The van der Waals surface area contributed by atoms with Crippen LogP contribution in [-0.2, 0) is 6.54 Å². The Morgan fingerprint density at radius 1 is 1.30 bits per heavy atom. The highest BCUT2D eigenvalue weighted by atomic mass is 35.5. The number of ether oxygens (including phenoxy) is 1. The van der Waals surface area contributed by atoms with E-state index in [2.05, 4.69) is 30.2 Å². The van der Waals surface area contributed by atoms with Crippen molar-refractivity contribution < 1.29 is 13.5 Å². The summed E-state index contributed by atoms with van der Waals surface area (Å²) in [6, 6.07) is 10.7. The Bertz CT molecular complexity index is 829. The van der Waals surface area contributed by atoms with Crippen molar-refractivity contribution >= 4 is 23.4 Å². The molecule has 30 heavy (non-hydrogen) atoms. The van der Waals surface area contributed by atoms with Crippen LogP contribution in [0.2, 0.25) is 5.02 Å². The lowest BCUT2D eigenvalue weighted by Crippen LogP contribution is -2.48. The molecule has 1 aromatic carbocycles. The van der Waals surface area contributed by atoms with Gasteiger partial charge in [0.1, 0.15) is 11.6 Å². The number of aliphatic imine (C=N–C) groups is 1. The number of alkyl halides is 2. The van der Waals surface area contributed by atoms with Crippen LogP contribution < -0.4 is 20.3 Å². The van der Waals surface area contributed by atoms with Gasteiger partial charge in [0.15, 0.2) is 5.96 Å². The number of guanidine groups is 1. The topological polar surface area (TPSA) is 61.8 Å². The summed E-state index contributed by atoms with van der Waals surface area (Å²) >= 11 is 6.02. The first kappa shape index (κ1) is 22.1. The van der Waals surface area contributed by atoms with Gasteiger partial charge in [0.05, 0.1) is 6.54 Å². The first-order valence-electron chi connectivity index (χ1n) is 9.99. The summed E-state index contributed by atoms with van der Waals surface area (Å²) in [4.78, 5) is 11.2. The molecule has 0 bridgehead atoms. The zero-order chi connectivity index (χ0) is 21.3. The molecule has 1 saturated heterocycles. The molecule has 2 N–H and O–H groups in total. The van der Waals surface area contributed by atoms with Crippen molar-refractivity contribution in [3.63, 3.8) is 0 Å². The number of halogens is 3. The molecular formula is C21H26ClF2N5O. The molecule has 1 aliphatic heterocycles. The average Bonchev–Trinajstić information content (AvgIpc) is 2.75. The quantitative estimate of drug-likeness (QED) is 0.505. The lowest BCUT2D eigenvalue weighted by Gasteiger charge is -2.33. The van der Waals surface area contributed by atoms with Crippen molar-refractivity contribution in [1.29, 1.82) is 0 Å². The van der Waals surface area contributed by atoms with E-state index in [0.29, 0.717) is 23.1 Å². The molecule has 1 fully saturated rings. The highest BCUT2D eigenvalue weighted by molar-refractivity contribution is 6.30. The molecule has 3 rings (SSSR count). The first-order chi connectivity index (χ1) is 14.5. The van der Waals surface area contributed by atoms with E-state index in [1.807, 2.05) is 25.1 Å². The maximum Gasteiger partial charge on any atom is 0.387 e. The number of anilines is 1. The molecule has 0 unspecified atom stereocenters. The predicted octanol–water partition coefficient (Wildman–Crippen LogP) is 4.06. The summed E-state index contributed by atoms with van der Waals surface area (Å²) in [5.41, 5.74) is 0.505. The monoisotopic (exact) mass is 437 g/mol. The minimum absolute atomic E-state index is 0.0812. The predicted molar refractivity (Wildman–Crippen MR) is 116 cm³/mol. The molecule has 162 valence electrons. The van der Waals surface area contributed by atoms with Gasteiger partial charge in [-0.3, -0.25) is 0 Å². The fourth-order valence-corrected chi connectivity index (χ4v) is 3.55. The van der Waals surface area contributed by atoms with Crippen molar-refractivity contribution in [2.24, 2.45) is 4.99 Å². The van der Waals surface area contributed by atoms with Crippen LogP contribution in [-0.4, -0.2) is 43.2 Å². The molecular weight excluding hydrogens is 412 g/mol. The Morgan fingerprint density at radius 3 is 2.77 bits per heavy atom. The van der Waals surface area contributed by atoms with E-state index in [-0.39, 0.29) is 18.3 Å². The molecule has 0 amide bonds. The molecule has 1 aliphatic rings. The second-order valence-electron chi connectivity index (χ2n) is 6.92. The SMILES string of the molecule is CCNC(=NCc1cc(Cl)ccc1OC(F)F)NC1CCN(c2ccccn2)CC1. The third-order valence-electron chi connectivity index (χ3n) is 4.80. The summed E-state index contributed by atoms with van der Waals surface area (Å²) in [6.45, 7) is 1.73. The van der Waals surface area contributed by atoms with Gasteiger partial charge in [-0.15, -0.1) is 0 Å². The van der Waals surface area contributed by atoms with Gasteiger partial charge in [-0.1, -0.05) is 17.7 Å². The lowest BCUT2D eigenvalue weighted by atomic mass is 10.1. The van der Waals surface area contributed by atoms with Gasteiger partial charge < -0.3 is 20.3 Å². The molecule has 0 saturated carbocycles. The second kappa shape index (κ2) is 11.0. The van der Waals surface area contributed by atoms with Crippen molar-refractivity contribution in [2.75, 3.05) is 24.5 Å². The first-order valence-corrected chi connectivity index (χ1v) is 10.4. The van der Waals surface area contributed by atoms with E-state index in [4.69, 9.17) is 11.6 Å². The highest BCUT2D eigenvalue weighted by Gasteiger charge is 2.21. The van der Waals surface area contributed by atoms with Gasteiger partial charge >= 0.3 is 6.61 Å². The average molecular weight is 438 g/mol. The van der Waals surface area contributed by atoms with E-state index in [1.165, 1.54) is 12.1 Å². The smallest absolute Gasteiger partial charge is 0.387 e. The standard InChI is InChI=1S/C21H26ClF2N5O/c1-2-25-21(27-14-15-13-16(22)6-7-18(15)30-20(23)24)28-17-8-11-29(12-9-17)19-5-3-4-10-26-19/h3-7,10,13,17,20H,2,8-9,11-12,14H2,1H3,(H2,25,27,28). The molecule has 0 radical (unpaired) electrons. The molecule has 2 aromatic rings. The van der Waals surface area contributed by atoms with Gasteiger partial charge in [-0.25, -0.2) is 9.98 Å². The Labute approximate surface area is 180 Å². The summed E-state index contributed by atoms with van der Waals surface area (Å²) in [6.07, 6.45) is 3.69. The molecule has 2 heterocycles. The Kier molecular flexibility index (Phi) is 8.07. The number of nitrogens with one attached hydrogen (secondary N) is 2. The van der Waals surface area contributed by atoms with Gasteiger partial charge in [-0.2, -0.15) is 8.78 Å². The van der Waals surface area contributed by atoms with Gasteiger partial charge in [0.25, 0.3) is 0 Å². The number of benzene rings is 1. The Morgan fingerprint density at radius 2 is 2.10 bits per heavy atom. The van der Waals surface area contributed by atoms with Crippen molar-refractivity contribution in [3.05, 3.63) is 53.2 Å². The van der Waals surface area contributed by atoms with Crippen LogP contribution in [0.5, 0.6) is 5.75 Å². The fourth-order valence-electron chi connectivity index (χ4n) is 3.35. The number of hydrogen-bond donors (Lipinski definition) is 2. The normalized spacial score (nSPS) is 15.4. The van der Waals surface area contributed by atoms with Crippen LogP contribution in [0.4, 0.5) is 14.6 Å². The number of hydrogen-bond acceptors (Lipinski definition) is 4. The number of nitrogens with zero attached hydrogens (tertiary/aromatic N) is 3. The van der Waals surface area contributed by atoms with Crippen LogP contribution >= 0.6 is 11.6 Å². The summed E-state index contributed by atoms with van der Waals surface area (Å²) in [7, 11) is 0. The van der Waals surface area contributed by atoms with E-state index in [9.17, 15) is 8.78 Å². The number of piperidine rings is 1. The van der Waals surface area contributed by atoms with Crippen LogP contribution in [0.15, 0.2) is 47.6 Å². The minimum Gasteiger partial charge on any atom is -0.434 e. The lowest BCUT2D eigenvalue weighted by molar-refractivity contribution is -0.0504. The minimum atomic E-state index is -2.90. The van der Waals surface area contributed by atoms with Crippen molar-refractivity contribution in [1.82, 2.24) is 15.6 Å². The third-order valence-corrected chi connectivity index (χ3v) is 5.03. The van der Waals surface area contributed by atoms with Gasteiger partial charge in [0, 0.05) is 42.5 Å². The Balaban J connectivity index is 1.61. The van der Waals surface area contributed by atoms with Crippen molar-refractivity contribution in [3.8, 4) is 5.75 Å². The highest BCUT2D eigenvalue weighted by Crippen LogP contribution is 2.25. The molecule has 6 nitrogen and oxygen atoms in total. The summed E-state index contributed by atoms with van der Waals surface area (Å²) in [5, 5.41) is 7.10. The Hall–Kier alpha value is -2.61. The van der Waals surface area contributed by atoms with E-state index < -0.39 is 6.61 Å². The number of pyridine rings is 1. The zero-order valence-corrected chi connectivity index (χ0v) is 17.6. The second-order valence-corrected chi connectivity index (χ2v) is 7.36. The molecule has 9 heteroatoms. The zero-order valence-electron chi connectivity index (χ0n) is 16.8.